The van der Waals surface area contributed by atoms with Gasteiger partial charge in [0, 0.05) is 6.07 Å². The van der Waals surface area contributed by atoms with E-state index in [0.29, 0.717) is 0 Å². The third-order valence-corrected chi connectivity index (χ3v) is 2.61. The van der Waals surface area contributed by atoms with Gasteiger partial charge in [-0.1, -0.05) is 23.2 Å². The van der Waals surface area contributed by atoms with Crippen LogP contribution in [-0.2, 0) is 5.88 Å². The molecule has 0 aliphatic heterocycles. The average Bonchev–Trinajstić information content (AvgIpc) is 2.09. The minimum Gasteiger partial charge on any atom is -0.258 e. The summed E-state index contributed by atoms with van der Waals surface area (Å²) in [5, 5.41) is 10.9. The molecule has 3 nitrogen and oxygen atoms in total. The summed E-state index contributed by atoms with van der Waals surface area (Å²) in [6.45, 7) is 0. The number of nitro groups is 1. The molecule has 0 bridgehead atoms. The molecule has 6 heteroatoms. The maximum Gasteiger partial charge on any atom is 0.275 e. The van der Waals surface area contributed by atoms with Gasteiger partial charge >= 0.3 is 0 Å². The van der Waals surface area contributed by atoms with Crippen LogP contribution in [0.15, 0.2) is 12.1 Å². The van der Waals surface area contributed by atoms with E-state index < -0.39 is 4.92 Å². The molecule has 0 aromatic heterocycles. The molecule has 70 valence electrons. The van der Waals surface area contributed by atoms with Gasteiger partial charge in [0.15, 0.2) is 0 Å². The van der Waals surface area contributed by atoms with Crippen LogP contribution in [0.2, 0.25) is 10.0 Å². The molecule has 0 atom stereocenters. The Morgan fingerprint density at radius 3 is 2.46 bits per heavy atom. The van der Waals surface area contributed by atoms with Gasteiger partial charge < -0.3 is 0 Å². The Labute approximate surface area is 89.4 Å². The first-order chi connectivity index (χ1) is 6.07. The lowest BCUT2D eigenvalue weighted by molar-refractivity contribution is -0.385. The molecule has 0 unspecified atom stereocenters. The van der Waals surface area contributed by atoms with Gasteiger partial charge in [0.1, 0.15) is 0 Å². The molecule has 0 aliphatic rings. The van der Waals surface area contributed by atoms with Crippen molar-refractivity contribution in [3.05, 3.63) is 37.9 Å². The second-order valence-electron chi connectivity index (χ2n) is 2.25. The van der Waals surface area contributed by atoms with Crippen LogP contribution in [0.3, 0.4) is 0 Å². The molecule has 0 spiro atoms. The van der Waals surface area contributed by atoms with Gasteiger partial charge in [-0.3, -0.25) is 10.1 Å². The number of halogens is 3. The van der Waals surface area contributed by atoms with Crippen molar-refractivity contribution in [3.8, 4) is 0 Å². The molecular weight excluding hydrogens is 236 g/mol. The largest absolute Gasteiger partial charge is 0.275 e. The SMILES string of the molecule is O=[N+]([O-])c1ccc(Cl)c(Cl)c1CCl. The number of hydrogen-bond donors (Lipinski definition) is 0. The van der Waals surface area contributed by atoms with Crippen molar-refractivity contribution < 1.29 is 4.92 Å². The standard InChI is InChI=1S/C7H4Cl3NO2/c8-3-4-6(11(12)13)2-1-5(9)7(4)10/h1-2H,3H2. The highest BCUT2D eigenvalue weighted by molar-refractivity contribution is 6.43. The summed E-state index contributed by atoms with van der Waals surface area (Å²) in [5.74, 6) is -0.0320. The highest BCUT2D eigenvalue weighted by atomic mass is 35.5. The van der Waals surface area contributed by atoms with Gasteiger partial charge in [-0.15, -0.1) is 11.6 Å². The molecule has 0 fully saturated rings. The highest BCUT2D eigenvalue weighted by Gasteiger charge is 2.17. The molecule has 1 rings (SSSR count). The summed E-state index contributed by atoms with van der Waals surface area (Å²) in [6.07, 6.45) is 0. The van der Waals surface area contributed by atoms with Gasteiger partial charge in [0.25, 0.3) is 5.69 Å². The highest BCUT2D eigenvalue weighted by Crippen LogP contribution is 2.33. The van der Waals surface area contributed by atoms with E-state index in [0.717, 1.165) is 0 Å². The fourth-order valence-electron chi connectivity index (χ4n) is 0.881. The molecule has 0 saturated heterocycles. The Bertz CT molecular complexity index is 354. The third kappa shape index (κ3) is 2.05. The van der Waals surface area contributed by atoms with Gasteiger partial charge in [-0.25, -0.2) is 0 Å². The van der Waals surface area contributed by atoms with Crippen LogP contribution in [0.5, 0.6) is 0 Å². The summed E-state index contributed by atoms with van der Waals surface area (Å²) in [5.41, 5.74) is 0.144. The van der Waals surface area contributed by atoms with Gasteiger partial charge in [-0.05, 0) is 6.07 Å². The van der Waals surface area contributed by atoms with Crippen molar-refractivity contribution in [2.24, 2.45) is 0 Å². The summed E-state index contributed by atoms with van der Waals surface area (Å²) in [4.78, 5) is 9.95. The van der Waals surface area contributed by atoms with Crippen LogP contribution in [0.1, 0.15) is 5.56 Å². The zero-order chi connectivity index (χ0) is 10.0. The molecule has 0 amide bonds. The zero-order valence-electron chi connectivity index (χ0n) is 6.26. The fraction of sp³-hybridized carbons (Fsp3) is 0.143. The fourth-order valence-corrected chi connectivity index (χ4v) is 1.62. The van der Waals surface area contributed by atoms with Gasteiger partial charge in [-0.2, -0.15) is 0 Å². The predicted octanol–water partition coefficient (Wildman–Crippen LogP) is 3.64. The van der Waals surface area contributed by atoms with E-state index >= 15 is 0 Å². The van der Waals surface area contributed by atoms with Gasteiger partial charge in [0.2, 0.25) is 0 Å². The third-order valence-electron chi connectivity index (χ3n) is 1.50. The van der Waals surface area contributed by atoms with Crippen molar-refractivity contribution >= 4 is 40.5 Å². The van der Waals surface area contributed by atoms with E-state index in [1.807, 2.05) is 0 Å². The normalized spacial score (nSPS) is 10.1. The quantitative estimate of drug-likeness (QED) is 0.450. The molecule has 13 heavy (non-hydrogen) atoms. The smallest absolute Gasteiger partial charge is 0.258 e. The van der Waals surface area contributed by atoms with Crippen molar-refractivity contribution in [1.29, 1.82) is 0 Å². The number of hydrogen-bond acceptors (Lipinski definition) is 2. The Morgan fingerprint density at radius 1 is 1.38 bits per heavy atom. The van der Waals surface area contributed by atoms with Crippen molar-refractivity contribution in [2.75, 3.05) is 0 Å². The predicted molar refractivity (Wildman–Crippen MR) is 52.7 cm³/mol. The van der Waals surface area contributed by atoms with Crippen LogP contribution in [-0.4, -0.2) is 4.92 Å². The van der Waals surface area contributed by atoms with Crippen LogP contribution in [0, 0.1) is 10.1 Å². The number of nitro benzene ring substituents is 1. The summed E-state index contributed by atoms with van der Waals surface area (Å²) in [6, 6.07) is 2.66. The molecule has 1 aromatic rings. The maximum atomic E-state index is 10.5. The van der Waals surface area contributed by atoms with E-state index in [1.54, 1.807) is 0 Å². The van der Waals surface area contributed by atoms with Crippen LogP contribution in [0.4, 0.5) is 5.69 Å². The second kappa shape index (κ2) is 4.13. The molecule has 0 heterocycles. The first-order valence-electron chi connectivity index (χ1n) is 3.25. The zero-order valence-corrected chi connectivity index (χ0v) is 8.53. The number of alkyl halides is 1. The van der Waals surface area contributed by atoms with E-state index in [-0.39, 0.29) is 27.2 Å². The average molecular weight is 240 g/mol. The van der Waals surface area contributed by atoms with E-state index in [4.69, 9.17) is 34.8 Å². The summed E-state index contributed by atoms with van der Waals surface area (Å²) >= 11 is 16.9. The minimum atomic E-state index is -0.542. The first-order valence-corrected chi connectivity index (χ1v) is 4.54. The molecule has 0 radical (unpaired) electrons. The number of rotatable bonds is 2. The van der Waals surface area contributed by atoms with Crippen molar-refractivity contribution in [3.63, 3.8) is 0 Å². The minimum absolute atomic E-state index is 0.0320. The Morgan fingerprint density at radius 2 is 2.00 bits per heavy atom. The van der Waals surface area contributed by atoms with Crippen LogP contribution in [0.25, 0.3) is 0 Å². The van der Waals surface area contributed by atoms with E-state index in [9.17, 15) is 10.1 Å². The number of nitrogens with zero attached hydrogens (tertiary/aromatic N) is 1. The van der Waals surface area contributed by atoms with Crippen LogP contribution < -0.4 is 0 Å². The topological polar surface area (TPSA) is 43.1 Å². The van der Waals surface area contributed by atoms with Crippen molar-refractivity contribution in [1.82, 2.24) is 0 Å². The maximum absolute atomic E-state index is 10.5. The van der Waals surface area contributed by atoms with Crippen molar-refractivity contribution in [2.45, 2.75) is 5.88 Å². The van der Waals surface area contributed by atoms with Gasteiger partial charge in [0.05, 0.1) is 26.4 Å². The molecular formula is C7H4Cl3NO2. The monoisotopic (exact) mass is 239 g/mol. The Kier molecular flexibility index (Phi) is 3.36. The van der Waals surface area contributed by atoms with Crippen LogP contribution >= 0.6 is 34.8 Å². The lowest BCUT2D eigenvalue weighted by atomic mass is 10.2. The van der Waals surface area contributed by atoms with E-state index in [1.165, 1.54) is 12.1 Å². The Hall–Kier alpha value is -0.510. The molecule has 1 aromatic carbocycles. The summed E-state index contributed by atoms with van der Waals surface area (Å²) in [7, 11) is 0. The lowest BCUT2D eigenvalue weighted by Gasteiger charge is -2.02. The summed E-state index contributed by atoms with van der Waals surface area (Å²) < 4.78 is 0. The lowest BCUT2D eigenvalue weighted by Crippen LogP contribution is -1.94. The number of benzene rings is 1. The van der Waals surface area contributed by atoms with E-state index in [2.05, 4.69) is 0 Å². The molecule has 0 aliphatic carbocycles. The second-order valence-corrected chi connectivity index (χ2v) is 3.30. The molecule has 0 saturated carbocycles. The molecule has 0 N–H and O–H groups in total. The Balaban J connectivity index is 3.38. The first kappa shape index (κ1) is 10.6.